The smallest absolute Gasteiger partial charge is 0.0722 e. The summed E-state index contributed by atoms with van der Waals surface area (Å²) in [4.78, 5) is 0. The Morgan fingerprint density at radius 1 is 1.25 bits per heavy atom. The van der Waals surface area contributed by atoms with Gasteiger partial charge in [0.1, 0.15) is 0 Å². The van der Waals surface area contributed by atoms with Gasteiger partial charge in [-0.2, -0.15) is 0 Å². The number of hydrogen-bond acceptors (Lipinski definition) is 2. The van der Waals surface area contributed by atoms with Crippen LogP contribution in [0, 0.1) is 17.3 Å². The molecule has 0 amide bonds. The van der Waals surface area contributed by atoms with Gasteiger partial charge in [0.15, 0.2) is 0 Å². The molecule has 12 heavy (non-hydrogen) atoms. The van der Waals surface area contributed by atoms with Crippen LogP contribution in [-0.4, -0.2) is 16.7 Å². The molecule has 0 aromatic heterocycles. The molecule has 3 rings (SSSR count). The zero-order chi connectivity index (χ0) is 9.15. The van der Waals surface area contributed by atoms with Crippen molar-refractivity contribution in [2.45, 2.75) is 45.3 Å². The number of aliphatic hydroxyl groups is 1. The minimum absolute atomic E-state index is 0.283. The van der Waals surface area contributed by atoms with E-state index in [4.69, 9.17) is 5.73 Å². The molecule has 3 aliphatic carbocycles. The molecule has 2 nitrogen and oxygen atoms in total. The lowest BCUT2D eigenvalue weighted by Gasteiger charge is -2.65. The Labute approximate surface area is 74.1 Å². The van der Waals surface area contributed by atoms with Gasteiger partial charge in [-0.3, -0.25) is 0 Å². The number of fused-ring (bicyclic) bond motifs is 2. The molecular weight excluding hydrogens is 150 g/mol. The summed E-state index contributed by atoms with van der Waals surface area (Å²) in [6, 6.07) is 0. The van der Waals surface area contributed by atoms with E-state index in [-0.39, 0.29) is 11.6 Å². The maximum absolute atomic E-state index is 9.75. The number of aliphatic hydroxyl groups excluding tert-OH is 1. The van der Waals surface area contributed by atoms with Gasteiger partial charge in [0.25, 0.3) is 0 Å². The molecule has 0 heterocycles. The van der Waals surface area contributed by atoms with Gasteiger partial charge in [-0.15, -0.1) is 0 Å². The summed E-state index contributed by atoms with van der Waals surface area (Å²) < 4.78 is 0. The standard InChI is InChI=1S/C10H19NO/c1-9(2)6-4-7(9)10(3,11)8(12)5-6/h6-8,12H,4-5,11H2,1-3H3/t6-,7-,8?,10?/m0/s1. The van der Waals surface area contributed by atoms with Gasteiger partial charge >= 0.3 is 0 Å². The lowest BCUT2D eigenvalue weighted by atomic mass is 9.43. The van der Waals surface area contributed by atoms with Gasteiger partial charge in [-0.05, 0) is 37.0 Å². The minimum Gasteiger partial charge on any atom is -0.391 e. The van der Waals surface area contributed by atoms with E-state index in [1.165, 1.54) is 6.42 Å². The first kappa shape index (κ1) is 8.52. The maximum atomic E-state index is 9.75. The Kier molecular flexibility index (Phi) is 1.45. The van der Waals surface area contributed by atoms with E-state index < -0.39 is 0 Å². The van der Waals surface area contributed by atoms with Crippen molar-refractivity contribution in [3.8, 4) is 0 Å². The van der Waals surface area contributed by atoms with Crippen LogP contribution >= 0.6 is 0 Å². The predicted molar refractivity (Wildman–Crippen MR) is 48.6 cm³/mol. The molecule has 3 aliphatic rings. The summed E-state index contributed by atoms with van der Waals surface area (Å²) in [5, 5.41) is 9.75. The summed E-state index contributed by atoms with van der Waals surface area (Å²) in [5.41, 5.74) is 6.14. The summed E-state index contributed by atoms with van der Waals surface area (Å²) in [7, 11) is 0. The second-order valence-corrected chi connectivity index (χ2v) is 5.42. The van der Waals surface area contributed by atoms with Crippen LogP contribution in [0.25, 0.3) is 0 Å². The Bertz CT molecular complexity index is 210. The fourth-order valence-electron chi connectivity index (χ4n) is 3.23. The zero-order valence-corrected chi connectivity index (χ0v) is 8.17. The Morgan fingerprint density at radius 3 is 2.17 bits per heavy atom. The molecule has 3 N–H and O–H groups in total. The van der Waals surface area contributed by atoms with Crippen LogP contribution in [0.15, 0.2) is 0 Å². The van der Waals surface area contributed by atoms with Crippen molar-refractivity contribution in [3.63, 3.8) is 0 Å². The average molecular weight is 169 g/mol. The Hall–Kier alpha value is -0.0800. The SMILES string of the molecule is CC1(N)C(O)C[C@@H]2C[C@H]1C2(C)C. The van der Waals surface area contributed by atoms with Crippen molar-refractivity contribution in [3.05, 3.63) is 0 Å². The molecular formula is C10H19NO. The third-order valence-electron chi connectivity index (χ3n) is 4.45. The van der Waals surface area contributed by atoms with E-state index in [0.29, 0.717) is 17.3 Å². The zero-order valence-electron chi connectivity index (χ0n) is 8.17. The normalized spacial score (nSPS) is 56.2. The molecule has 0 aromatic carbocycles. The van der Waals surface area contributed by atoms with Crippen molar-refractivity contribution >= 4 is 0 Å². The second kappa shape index (κ2) is 2.05. The highest BCUT2D eigenvalue weighted by Gasteiger charge is 2.61. The molecule has 2 bridgehead atoms. The molecule has 3 saturated carbocycles. The lowest BCUT2D eigenvalue weighted by Crippen LogP contribution is -2.70. The molecule has 4 atom stereocenters. The predicted octanol–water partition coefficient (Wildman–Crippen LogP) is 1.13. The van der Waals surface area contributed by atoms with E-state index in [1.54, 1.807) is 0 Å². The molecule has 0 spiro atoms. The minimum atomic E-state index is -0.349. The third-order valence-corrected chi connectivity index (χ3v) is 4.45. The quantitative estimate of drug-likeness (QED) is 0.571. The molecule has 2 heteroatoms. The van der Waals surface area contributed by atoms with E-state index in [1.807, 2.05) is 6.92 Å². The van der Waals surface area contributed by atoms with Crippen molar-refractivity contribution in [1.82, 2.24) is 0 Å². The Balaban J connectivity index is 2.27. The summed E-state index contributed by atoms with van der Waals surface area (Å²) >= 11 is 0. The van der Waals surface area contributed by atoms with Gasteiger partial charge < -0.3 is 10.8 Å². The molecule has 0 saturated heterocycles. The van der Waals surface area contributed by atoms with Crippen LogP contribution in [0.2, 0.25) is 0 Å². The monoisotopic (exact) mass is 169 g/mol. The van der Waals surface area contributed by atoms with Gasteiger partial charge in [-0.1, -0.05) is 13.8 Å². The molecule has 70 valence electrons. The van der Waals surface area contributed by atoms with Crippen molar-refractivity contribution in [1.29, 1.82) is 0 Å². The fraction of sp³-hybridized carbons (Fsp3) is 1.00. The summed E-state index contributed by atoms with van der Waals surface area (Å²) in [5.74, 6) is 1.22. The molecule has 0 aromatic rings. The highest BCUT2D eigenvalue weighted by molar-refractivity contribution is 5.14. The van der Waals surface area contributed by atoms with Crippen molar-refractivity contribution < 1.29 is 5.11 Å². The van der Waals surface area contributed by atoms with Crippen LogP contribution in [0.5, 0.6) is 0 Å². The fourth-order valence-corrected chi connectivity index (χ4v) is 3.23. The summed E-state index contributed by atoms with van der Waals surface area (Å²) in [6.07, 6.45) is 1.84. The molecule has 0 aliphatic heterocycles. The maximum Gasteiger partial charge on any atom is 0.0722 e. The molecule has 0 radical (unpaired) electrons. The second-order valence-electron chi connectivity index (χ2n) is 5.42. The topological polar surface area (TPSA) is 46.2 Å². The van der Waals surface area contributed by atoms with E-state index in [2.05, 4.69) is 13.8 Å². The average Bonchev–Trinajstić information content (AvgIpc) is 1.93. The first-order chi connectivity index (χ1) is 5.37. The Morgan fingerprint density at radius 2 is 1.83 bits per heavy atom. The van der Waals surface area contributed by atoms with Crippen LogP contribution in [0.1, 0.15) is 33.6 Å². The van der Waals surface area contributed by atoms with Crippen LogP contribution < -0.4 is 5.73 Å². The van der Waals surface area contributed by atoms with Crippen LogP contribution in [0.3, 0.4) is 0 Å². The van der Waals surface area contributed by atoms with Gasteiger partial charge in [0, 0.05) is 5.54 Å². The van der Waals surface area contributed by atoms with E-state index >= 15 is 0 Å². The van der Waals surface area contributed by atoms with Gasteiger partial charge in [0.2, 0.25) is 0 Å². The molecule has 3 fully saturated rings. The van der Waals surface area contributed by atoms with Crippen LogP contribution in [-0.2, 0) is 0 Å². The van der Waals surface area contributed by atoms with Crippen molar-refractivity contribution in [2.24, 2.45) is 23.0 Å². The van der Waals surface area contributed by atoms with E-state index in [9.17, 15) is 5.11 Å². The molecule has 2 unspecified atom stereocenters. The van der Waals surface area contributed by atoms with Gasteiger partial charge in [-0.25, -0.2) is 0 Å². The highest BCUT2D eigenvalue weighted by atomic mass is 16.3. The van der Waals surface area contributed by atoms with E-state index in [0.717, 1.165) is 6.42 Å². The third kappa shape index (κ3) is 0.775. The number of rotatable bonds is 0. The first-order valence-electron chi connectivity index (χ1n) is 4.83. The van der Waals surface area contributed by atoms with Crippen LogP contribution in [0.4, 0.5) is 0 Å². The van der Waals surface area contributed by atoms with Crippen molar-refractivity contribution in [2.75, 3.05) is 0 Å². The first-order valence-corrected chi connectivity index (χ1v) is 4.83. The lowest BCUT2D eigenvalue weighted by molar-refractivity contribution is -0.166. The number of nitrogens with two attached hydrogens (primary N) is 1. The summed E-state index contributed by atoms with van der Waals surface area (Å²) in [6.45, 7) is 6.56. The van der Waals surface area contributed by atoms with Gasteiger partial charge in [0.05, 0.1) is 6.10 Å². The highest BCUT2D eigenvalue weighted by Crippen LogP contribution is 2.61. The number of hydrogen-bond donors (Lipinski definition) is 2. The largest absolute Gasteiger partial charge is 0.391 e.